The summed E-state index contributed by atoms with van der Waals surface area (Å²) in [6.07, 6.45) is 0. The Bertz CT molecular complexity index is 717. The van der Waals surface area contributed by atoms with Crippen LogP contribution in [0.15, 0.2) is 22.5 Å². The minimum absolute atomic E-state index is 0.131. The monoisotopic (exact) mass is 328 g/mol. The zero-order chi connectivity index (χ0) is 15.6. The fourth-order valence-electron chi connectivity index (χ4n) is 1.62. The molecule has 0 bridgehead atoms. The molecule has 0 atom stereocenters. The van der Waals surface area contributed by atoms with Crippen molar-refractivity contribution in [2.24, 2.45) is 0 Å². The van der Waals surface area contributed by atoms with E-state index in [9.17, 15) is 19.3 Å². The average molecular weight is 328 g/mol. The van der Waals surface area contributed by atoms with E-state index in [0.29, 0.717) is 10.0 Å². The van der Waals surface area contributed by atoms with Crippen LogP contribution in [0.2, 0.25) is 0 Å². The third-order valence-electron chi connectivity index (χ3n) is 2.56. The number of aryl methyl sites for hydroxylation is 1. The van der Waals surface area contributed by atoms with Gasteiger partial charge in [0.15, 0.2) is 4.34 Å². The van der Waals surface area contributed by atoms with Crippen molar-refractivity contribution in [2.75, 3.05) is 0 Å². The molecule has 0 radical (unpaired) electrons. The van der Waals surface area contributed by atoms with E-state index in [4.69, 9.17) is 5.11 Å². The van der Waals surface area contributed by atoms with Gasteiger partial charge in [0.2, 0.25) is 0 Å². The summed E-state index contributed by atoms with van der Waals surface area (Å²) < 4.78 is 13.7. The first-order chi connectivity index (χ1) is 9.88. The van der Waals surface area contributed by atoms with E-state index in [0.717, 1.165) is 41.3 Å². The lowest BCUT2D eigenvalue weighted by Crippen LogP contribution is -1.95. The Morgan fingerprint density at radius 1 is 1.57 bits per heavy atom. The number of carboxylic acids is 1. The van der Waals surface area contributed by atoms with Gasteiger partial charge in [0.25, 0.3) is 5.69 Å². The van der Waals surface area contributed by atoms with Crippen molar-refractivity contribution in [1.29, 1.82) is 0 Å². The summed E-state index contributed by atoms with van der Waals surface area (Å²) in [4.78, 5) is 25.4. The maximum atomic E-state index is 13.2. The number of aromatic carboxylic acids is 1. The smallest absolute Gasteiger partial charge is 0.347 e. The fraction of sp³-hybridized carbons (Fsp3) is 0.167. The van der Waals surface area contributed by atoms with Crippen LogP contribution in [0.4, 0.5) is 10.1 Å². The molecule has 2 rings (SSSR count). The number of carboxylic acid groups (broad SMARTS) is 1. The Labute approximate surface area is 126 Å². The van der Waals surface area contributed by atoms with Gasteiger partial charge in [-0.15, -0.1) is 11.3 Å². The average Bonchev–Trinajstić information content (AvgIpc) is 2.77. The van der Waals surface area contributed by atoms with E-state index in [1.807, 2.05) is 0 Å². The normalized spacial score (nSPS) is 10.6. The van der Waals surface area contributed by atoms with Crippen molar-refractivity contribution in [3.05, 3.63) is 50.3 Å². The van der Waals surface area contributed by atoms with Gasteiger partial charge in [0.1, 0.15) is 10.7 Å². The molecule has 0 amide bonds. The van der Waals surface area contributed by atoms with E-state index in [1.165, 1.54) is 0 Å². The topological polar surface area (TPSA) is 93.3 Å². The van der Waals surface area contributed by atoms with Gasteiger partial charge < -0.3 is 5.11 Å². The van der Waals surface area contributed by atoms with Crippen LogP contribution >= 0.6 is 23.1 Å². The molecule has 1 aromatic heterocycles. The van der Waals surface area contributed by atoms with Crippen LogP contribution < -0.4 is 0 Å². The largest absolute Gasteiger partial charge is 0.477 e. The molecule has 0 spiro atoms. The van der Waals surface area contributed by atoms with E-state index in [1.54, 1.807) is 6.92 Å². The summed E-state index contributed by atoms with van der Waals surface area (Å²) >= 11 is 2.13. The molecule has 0 aliphatic carbocycles. The summed E-state index contributed by atoms with van der Waals surface area (Å²) in [7, 11) is 0. The highest BCUT2D eigenvalue weighted by atomic mass is 32.2. The molecular formula is C12H9FN2O4S2. The van der Waals surface area contributed by atoms with Gasteiger partial charge in [-0.3, -0.25) is 10.1 Å². The van der Waals surface area contributed by atoms with Crippen LogP contribution in [0, 0.1) is 22.9 Å². The van der Waals surface area contributed by atoms with Crippen LogP contribution in [-0.2, 0) is 5.75 Å². The first-order valence-corrected chi connectivity index (χ1v) is 7.45. The van der Waals surface area contributed by atoms with Crippen LogP contribution in [0.5, 0.6) is 0 Å². The summed E-state index contributed by atoms with van der Waals surface area (Å²) in [6.45, 7) is 1.58. The highest BCUT2D eigenvalue weighted by molar-refractivity contribution is 8.00. The summed E-state index contributed by atoms with van der Waals surface area (Å²) in [5, 5.41) is 19.8. The molecule has 9 heteroatoms. The molecule has 0 saturated carbocycles. The SMILES string of the molecule is Cc1nc(SCc2cc(F)ccc2[N+](=O)[O-])sc1C(=O)O. The molecular weight excluding hydrogens is 319 g/mol. The number of nitro benzene ring substituents is 1. The number of benzene rings is 1. The molecule has 1 heterocycles. The minimum Gasteiger partial charge on any atom is -0.477 e. The van der Waals surface area contributed by atoms with E-state index in [-0.39, 0.29) is 21.9 Å². The van der Waals surface area contributed by atoms with E-state index in [2.05, 4.69) is 4.98 Å². The number of carbonyl (C=O) groups is 1. The van der Waals surface area contributed by atoms with Gasteiger partial charge in [0.05, 0.1) is 10.6 Å². The van der Waals surface area contributed by atoms with Crippen LogP contribution in [0.3, 0.4) is 0 Å². The Morgan fingerprint density at radius 3 is 2.86 bits per heavy atom. The molecule has 0 aliphatic heterocycles. The number of nitro groups is 1. The predicted molar refractivity (Wildman–Crippen MR) is 76.4 cm³/mol. The lowest BCUT2D eigenvalue weighted by Gasteiger charge is -2.01. The number of halogens is 1. The quantitative estimate of drug-likeness (QED) is 0.513. The lowest BCUT2D eigenvalue weighted by molar-refractivity contribution is -0.385. The second kappa shape index (κ2) is 6.19. The maximum absolute atomic E-state index is 13.2. The Balaban J connectivity index is 2.20. The molecule has 0 unspecified atom stereocenters. The summed E-state index contributed by atoms with van der Waals surface area (Å²) in [6, 6.07) is 3.24. The number of aromatic nitrogens is 1. The molecule has 0 saturated heterocycles. The van der Waals surface area contributed by atoms with Gasteiger partial charge >= 0.3 is 5.97 Å². The van der Waals surface area contributed by atoms with Crippen molar-refractivity contribution in [1.82, 2.24) is 4.98 Å². The highest BCUT2D eigenvalue weighted by Crippen LogP contribution is 2.32. The third-order valence-corrected chi connectivity index (χ3v) is 4.90. The fourth-order valence-corrected chi connectivity index (χ4v) is 3.63. The first kappa shape index (κ1) is 15.4. The number of hydrogen-bond donors (Lipinski definition) is 1. The number of nitrogens with zero attached hydrogens (tertiary/aromatic N) is 2. The van der Waals surface area contributed by atoms with Crippen LogP contribution in [-0.4, -0.2) is 21.0 Å². The molecule has 1 aromatic carbocycles. The summed E-state index contributed by atoms with van der Waals surface area (Å²) in [5.41, 5.74) is 0.453. The van der Waals surface area contributed by atoms with E-state index < -0.39 is 16.7 Å². The predicted octanol–water partition coefficient (Wildman–Crippen LogP) is 3.49. The van der Waals surface area contributed by atoms with Crippen molar-refractivity contribution in [3.63, 3.8) is 0 Å². The van der Waals surface area contributed by atoms with Crippen LogP contribution in [0.25, 0.3) is 0 Å². The van der Waals surface area contributed by atoms with Gasteiger partial charge in [-0.05, 0) is 19.1 Å². The molecule has 0 fully saturated rings. The molecule has 21 heavy (non-hydrogen) atoms. The third kappa shape index (κ3) is 3.56. The maximum Gasteiger partial charge on any atom is 0.347 e. The van der Waals surface area contributed by atoms with Crippen molar-refractivity contribution in [3.8, 4) is 0 Å². The number of thioether (sulfide) groups is 1. The van der Waals surface area contributed by atoms with E-state index >= 15 is 0 Å². The Kier molecular flexibility index (Phi) is 4.53. The van der Waals surface area contributed by atoms with Crippen molar-refractivity contribution >= 4 is 34.8 Å². The minimum atomic E-state index is -1.06. The zero-order valence-electron chi connectivity index (χ0n) is 10.7. The summed E-state index contributed by atoms with van der Waals surface area (Å²) in [5.74, 6) is -1.48. The first-order valence-electron chi connectivity index (χ1n) is 5.65. The van der Waals surface area contributed by atoms with Crippen molar-refractivity contribution in [2.45, 2.75) is 17.0 Å². The number of hydrogen-bond acceptors (Lipinski definition) is 6. The number of thiazole rings is 1. The highest BCUT2D eigenvalue weighted by Gasteiger charge is 2.17. The van der Waals surface area contributed by atoms with Crippen molar-refractivity contribution < 1.29 is 19.2 Å². The van der Waals surface area contributed by atoms with Gasteiger partial charge in [-0.1, -0.05) is 11.8 Å². The lowest BCUT2D eigenvalue weighted by atomic mass is 10.2. The molecule has 110 valence electrons. The standard InChI is InChI=1S/C12H9FN2O4S2/c1-6-10(11(16)17)21-12(14-6)20-5-7-4-8(13)2-3-9(7)15(18)19/h2-4H,5H2,1H3,(H,16,17). The zero-order valence-corrected chi connectivity index (χ0v) is 12.3. The number of rotatable bonds is 5. The van der Waals surface area contributed by atoms with Gasteiger partial charge in [0, 0.05) is 17.4 Å². The Morgan fingerprint density at radius 2 is 2.29 bits per heavy atom. The molecule has 2 aromatic rings. The Hall–Kier alpha value is -2.00. The van der Waals surface area contributed by atoms with Crippen LogP contribution in [0.1, 0.15) is 20.9 Å². The van der Waals surface area contributed by atoms with Gasteiger partial charge in [-0.2, -0.15) is 0 Å². The molecule has 0 aliphatic rings. The second-order valence-electron chi connectivity index (χ2n) is 4.02. The van der Waals surface area contributed by atoms with Gasteiger partial charge in [-0.25, -0.2) is 14.2 Å². The molecule has 1 N–H and O–H groups in total. The second-order valence-corrected chi connectivity index (χ2v) is 6.24. The molecule has 6 nitrogen and oxygen atoms in total.